The Kier molecular flexibility index (Phi) is 3.38. The Labute approximate surface area is 149 Å². The van der Waals surface area contributed by atoms with Gasteiger partial charge in [-0.2, -0.15) is 0 Å². The molecule has 0 saturated carbocycles. The predicted octanol–water partition coefficient (Wildman–Crippen LogP) is 6.25. The Bertz CT molecular complexity index is 969. The fraction of sp³-hybridized carbons (Fsp3) is 0.167. The van der Waals surface area contributed by atoms with Crippen molar-refractivity contribution in [2.45, 2.75) is 19.4 Å². The van der Waals surface area contributed by atoms with Gasteiger partial charge in [0, 0.05) is 21.8 Å². The molecule has 3 aromatic rings. The van der Waals surface area contributed by atoms with Gasteiger partial charge in [-0.1, -0.05) is 59.6 Å². The third kappa shape index (κ3) is 2.33. The topological polar surface area (TPSA) is 17.0 Å². The molecule has 0 saturated heterocycles. The van der Waals surface area contributed by atoms with Crippen molar-refractivity contribution in [2.24, 2.45) is 0 Å². The number of fused-ring (bicyclic) bond motifs is 3. The summed E-state index contributed by atoms with van der Waals surface area (Å²) in [7, 11) is 0. The maximum absolute atomic E-state index is 6.16. The summed E-state index contributed by atoms with van der Waals surface area (Å²) in [4.78, 5) is 1.25. The molecule has 0 spiro atoms. The molecule has 0 amide bonds. The van der Waals surface area contributed by atoms with Crippen molar-refractivity contribution in [3.05, 3.63) is 63.1 Å². The van der Waals surface area contributed by atoms with Crippen LogP contribution in [0.25, 0.3) is 16.8 Å². The summed E-state index contributed by atoms with van der Waals surface area (Å²) in [6.07, 6.45) is 0. The molecule has 23 heavy (non-hydrogen) atoms. The molecule has 1 aliphatic heterocycles. The lowest BCUT2D eigenvalue weighted by Gasteiger charge is -2.33. The van der Waals surface area contributed by atoms with Gasteiger partial charge in [0.05, 0.1) is 16.1 Å². The molecule has 2 nitrogen and oxygen atoms in total. The lowest BCUT2D eigenvalue weighted by atomic mass is 9.90. The highest BCUT2D eigenvalue weighted by Gasteiger charge is 2.34. The minimum Gasteiger partial charge on any atom is -0.375 e. The van der Waals surface area contributed by atoms with Crippen LogP contribution < -0.4 is 5.32 Å². The zero-order chi connectivity index (χ0) is 16.2. The number of anilines is 1. The molecule has 4 rings (SSSR count). The van der Waals surface area contributed by atoms with Gasteiger partial charge in [0.1, 0.15) is 4.64 Å². The van der Waals surface area contributed by atoms with Crippen LogP contribution in [0.4, 0.5) is 5.69 Å². The molecule has 1 aliphatic rings. The zero-order valence-corrected chi connectivity index (χ0v) is 15.1. The zero-order valence-electron chi connectivity index (χ0n) is 12.8. The number of rotatable bonds is 1. The van der Waals surface area contributed by atoms with Crippen LogP contribution in [-0.2, 0) is 5.54 Å². The lowest BCUT2D eigenvalue weighted by Crippen LogP contribution is -2.30. The second-order valence-corrected chi connectivity index (χ2v) is 7.95. The third-order valence-electron chi connectivity index (χ3n) is 4.06. The number of nitrogens with one attached hydrogen (secondary N) is 1. The van der Waals surface area contributed by atoms with Gasteiger partial charge in [0.15, 0.2) is 0 Å². The highest BCUT2D eigenvalue weighted by molar-refractivity contribution is 7.71. The van der Waals surface area contributed by atoms with E-state index in [-0.39, 0.29) is 5.54 Å². The van der Waals surface area contributed by atoms with Gasteiger partial charge in [-0.05, 0) is 38.1 Å². The summed E-state index contributed by atoms with van der Waals surface area (Å²) >= 11 is 13.7. The van der Waals surface area contributed by atoms with E-state index >= 15 is 0 Å². The van der Waals surface area contributed by atoms with Crippen LogP contribution in [-0.4, -0.2) is 3.96 Å². The van der Waals surface area contributed by atoms with Crippen molar-refractivity contribution in [1.82, 2.24) is 3.96 Å². The van der Waals surface area contributed by atoms with Gasteiger partial charge < -0.3 is 5.32 Å². The van der Waals surface area contributed by atoms with Crippen LogP contribution in [0.2, 0.25) is 5.02 Å². The van der Waals surface area contributed by atoms with Gasteiger partial charge >= 0.3 is 0 Å². The van der Waals surface area contributed by atoms with Gasteiger partial charge in [-0.15, -0.1) is 0 Å². The van der Waals surface area contributed by atoms with Crippen molar-refractivity contribution < 1.29 is 0 Å². The fourth-order valence-electron chi connectivity index (χ4n) is 3.02. The second-order valence-electron chi connectivity index (χ2n) is 6.17. The van der Waals surface area contributed by atoms with Gasteiger partial charge in [-0.3, -0.25) is 3.96 Å². The molecule has 116 valence electrons. The van der Waals surface area contributed by atoms with Crippen molar-refractivity contribution in [3.63, 3.8) is 0 Å². The molecular formula is C18H15ClN2S2. The molecule has 0 aliphatic carbocycles. The largest absolute Gasteiger partial charge is 0.375 e. The summed E-state index contributed by atoms with van der Waals surface area (Å²) in [6, 6.07) is 16.2. The summed E-state index contributed by atoms with van der Waals surface area (Å²) < 4.78 is 2.94. The van der Waals surface area contributed by atoms with Gasteiger partial charge in [0.2, 0.25) is 0 Å². The van der Waals surface area contributed by atoms with E-state index in [0.29, 0.717) is 5.02 Å². The highest BCUT2D eigenvalue weighted by atomic mass is 35.5. The first-order valence-corrected chi connectivity index (χ1v) is 8.94. The SMILES string of the molecule is CC1(C)Nc2ccccc2-c2c1sn(-c1cccc(Cl)c1)c2=S. The standard InChI is InChI=1S/C18H15ClN2S2/c1-18(2)16-15(13-8-3-4-9-14(13)20-18)17(22)21(23-16)12-7-5-6-11(19)10-12/h3-10,20H,1-2H3. The van der Waals surface area contributed by atoms with Crippen LogP contribution in [0.1, 0.15) is 18.7 Å². The molecule has 0 unspecified atom stereocenters. The summed E-state index contributed by atoms with van der Waals surface area (Å²) in [5, 5.41) is 4.34. The van der Waals surface area contributed by atoms with E-state index in [1.807, 2.05) is 30.3 Å². The van der Waals surface area contributed by atoms with E-state index in [0.717, 1.165) is 21.6 Å². The van der Waals surface area contributed by atoms with Crippen molar-refractivity contribution in [2.75, 3.05) is 5.32 Å². The Balaban J connectivity index is 2.03. The van der Waals surface area contributed by atoms with E-state index in [1.54, 1.807) is 11.5 Å². The highest BCUT2D eigenvalue weighted by Crippen LogP contribution is 2.47. The monoisotopic (exact) mass is 358 g/mol. The maximum Gasteiger partial charge on any atom is 0.129 e. The molecule has 0 radical (unpaired) electrons. The lowest BCUT2D eigenvalue weighted by molar-refractivity contribution is 0.620. The second kappa shape index (κ2) is 5.20. The van der Waals surface area contributed by atoms with Gasteiger partial charge in [0.25, 0.3) is 0 Å². The van der Waals surface area contributed by atoms with Crippen LogP contribution >= 0.6 is 35.4 Å². The van der Waals surface area contributed by atoms with Crippen LogP contribution in [0.15, 0.2) is 48.5 Å². The van der Waals surface area contributed by atoms with Gasteiger partial charge in [-0.25, -0.2) is 0 Å². The molecule has 0 fully saturated rings. The van der Waals surface area contributed by atoms with Crippen LogP contribution in [0, 0.1) is 4.64 Å². The minimum absolute atomic E-state index is 0.161. The molecule has 2 heterocycles. The molecule has 1 aromatic heterocycles. The Morgan fingerprint density at radius 3 is 2.70 bits per heavy atom. The normalized spacial score (nSPS) is 14.7. The number of para-hydroxylation sites is 1. The number of halogens is 1. The predicted molar refractivity (Wildman–Crippen MR) is 102 cm³/mol. The maximum atomic E-state index is 6.16. The Morgan fingerprint density at radius 1 is 1.13 bits per heavy atom. The molecule has 2 aromatic carbocycles. The van der Waals surface area contributed by atoms with Crippen molar-refractivity contribution >= 4 is 41.0 Å². The summed E-state index contributed by atoms with van der Waals surface area (Å²) in [6.45, 7) is 4.38. The average Bonchev–Trinajstić information content (AvgIpc) is 2.86. The molecule has 5 heteroatoms. The Morgan fingerprint density at radius 2 is 1.91 bits per heavy atom. The smallest absolute Gasteiger partial charge is 0.129 e. The quantitative estimate of drug-likeness (QED) is 0.518. The summed E-state index contributed by atoms with van der Waals surface area (Å²) in [5.41, 5.74) is 4.31. The van der Waals surface area contributed by atoms with Crippen LogP contribution in [0.5, 0.6) is 0 Å². The molecular weight excluding hydrogens is 344 g/mol. The van der Waals surface area contributed by atoms with E-state index in [2.05, 4.69) is 41.3 Å². The average molecular weight is 359 g/mol. The number of aromatic nitrogens is 1. The third-order valence-corrected chi connectivity index (χ3v) is 6.27. The molecule has 0 bridgehead atoms. The van der Waals surface area contributed by atoms with Crippen molar-refractivity contribution in [1.29, 1.82) is 0 Å². The first-order chi connectivity index (χ1) is 11.0. The Hall–Kier alpha value is -1.62. The van der Waals surface area contributed by atoms with E-state index in [1.165, 1.54) is 10.4 Å². The van der Waals surface area contributed by atoms with E-state index < -0.39 is 0 Å². The fourth-order valence-corrected chi connectivity index (χ4v) is 4.85. The molecule has 1 N–H and O–H groups in total. The van der Waals surface area contributed by atoms with E-state index in [9.17, 15) is 0 Å². The number of benzene rings is 2. The molecule has 0 atom stereocenters. The van der Waals surface area contributed by atoms with E-state index in [4.69, 9.17) is 23.8 Å². The summed E-state index contributed by atoms with van der Waals surface area (Å²) in [5.74, 6) is 0. The number of hydrogen-bond acceptors (Lipinski definition) is 3. The number of hydrogen-bond donors (Lipinski definition) is 1. The van der Waals surface area contributed by atoms with Crippen LogP contribution in [0.3, 0.4) is 0 Å². The number of nitrogens with zero attached hydrogens (tertiary/aromatic N) is 1. The van der Waals surface area contributed by atoms with Crippen molar-refractivity contribution in [3.8, 4) is 16.8 Å². The first-order valence-electron chi connectivity index (χ1n) is 7.38. The minimum atomic E-state index is -0.161. The first kappa shape index (κ1) is 14.9.